The molecule has 108 valence electrons. The van der Waals surface area contributed by atoms with Crippen molar-refractivity contribution in [3.63, 3.8) is 0 Å². The van der Waals surface area contributed by atoms with Crippen molar-refractivity contribution in [1.29, 1.82) is 0 Å². The number of anilines is 1. The average Bonchev–Trinajstić information content (AvgIpc) is 2.38. The van der Waals surface area contributed by atoms with Crippen LogP contribution in [0, 0.1) is 0 Å². The average molecular weight is 298 g/mol. The summed E-state index contributed by atoms with van der Waals surface area (Å²) in [7, 11) is 0. The van der Waals surface area contributed by atoms with Crippen LogP contribution in [-0.2, 0) is 16.0 Å². The Morgan fingerprint density at radius 2 is 2.15 bits per heavy atom. The predicted molar refractivity (Wildman–Crippen MR) is 73.2 cm³/mol. The van der Waals surface area contributed by atoms with Crippen molar-refractivity contribution in [3.05, 3.63) is 17.7 Å². The molecule has 0 amide bonds. The molecule has 1 aromatic rings. The first-order valence-electron chi connectivity index (χ1n) is 5.85. The predicted octanol–water partition coefficient (Wildman–Crippen LogP) is 0.317. The van der Waals surface area contributed by atoms with E-state index in [2.05, 4.69) is 5.32 Å². The van der Waals surface area contributed by atoms with E-state index >= 15 is 0 Å². The van der Waals surface area contributed by atoms with E-state index in [4.69, 9.17) is 15.9 Å². The van der Waals surface area contributed by atoms with Crippen molar-refractivity contribution in [1.82, 2.24) is 0 Å². The summed E-state index contributed by atoms with van der Waals surface area (Å²) in [6.45, 7) is 0. The number of hydrogen-bond donors (Lipinski definition) is 5. The Balaban J connectivity index is 2.24. The van der Waals surface area contributed by atoms with Crippen LogP contribution in [0.2, 0.25) is 0 Å². The van der Waals surface area contributed by atoms with Gasteiger partial charge in [0.15, 0.2) is 0 Å². The van der Waals surface area contributed by atoms with Crippen molar-refractivity contribution in [3.8, 4) is 5.75 Å². The third-order valence-electron chi connectivity index (χ3n) is 2.94. The van der Waals surface area contributed by atoms with Crippen LogP contribution >= 0.6 is 11.8 Å². The number of hydrogen-bond acceptors (Lipinski definition) is 6. The standard InChI is InChI=1S/C12H14N2O5S/c13-6(11(16)17)1-5-2-8(15)10-9(3-5)20-4-7(14-10)12(18)19/h2-3,6-7,14-15H,1,4,13H2,(H,16,17)(H,18,19)/t6-,7?/m0/s1. The van der Waals surface area contributed by atoms with Crippen LogP contribution in [0.3, 0.4) is 0 Å². The fourth-order valence-electron chi connectivity index (χ4n) is 1.90. The summed E-state index contributed by atoms with van der Waals surface area (Å²) in [5.41, 5.74) is 6.41. The minimum atomic E-state index is -1.11. The Hall–Kier alpha value is -1.93. The maximum Gasteiger partial charge on any atom is 0.327 e. The molecular formula is C12H14N2O5S. The SMILES string of the molecule is N[C@@H](Cc1cc(O)c2c(c1)SCC(C(=O)O)N2)C(=O)O. The van der Waals surface area contributed by atoms with E-state index in [9.17, 15) is 14.7 Å². The van der Waals surface area contributed by atoms with Crippen LogP contribution in [-0.4, -0.2) is 45.1 Å². The Morgan fingerprint density at radius 3 is 2.75 bits per heavy atom. The number of nitrogens with one attached hydrogen (secondary N) is 1. The van der Waals surface area contributed by atoms with Crippen molar-refractivity contribution in [2.24, 2.45) is 5.73 Å². The van der Waals surface area contributed by atoms with Gasteiger partial charge in [-0.3, -0.25) is 4.79 Å². The summed E-state index contributed by atoms with van der Waals surface area (Å²) in [6.07, 6.45) is 0.0963. The summed E-state index contributed by atoms with van der Waals surface area (Å²) in [5.74, 6) is -1.87. The van der Waals surface area contributed by atoms with Crippen LogP contribution in [0.25, 0.3) is 0 Å². The molecular weight excluding hydrogens is 284 g/mol. The molecule has 1 heterocycles. The van der Waals surface area contributed by atoms with Crippen LogP contribution in [0.5, 0.6) is 5.75 Å². The first-order chi connectivity index (χ1) is 9.38. The van der Waals surface area contributed by atoms with E-state index in [1.54, 1.807) is 6.07 Å². The van der Waals surface area contributed by atoms with Crippen LogP contribution in [0.4, 0.5) is 5.69 Å². The number of aromatic hydroxyl groups is 1. The fourth-order valence-corrected chi connectivity index (χ4v) is 3.01. The first-order valence-corrected chi connectivity index (χ1v) is 6.83. The molecule has 7 nitrogen and oxygen atoms in total. The number of phenols is 1. The quantitative estimate of drug-likeness (QED) is 0.502. The lowest BCUT2D eigenvalue weighted by Gasteiger charge is -2.25. The molecule has 0 aromatic heterocycles. The largest absolute Gasteiger partial charge is 0.506 e. The Morgan fingerprint density at radius 1 is 1.45 bits per heavy atom. The number of phenolic OH excluding ortho intramolecular Hbond substituents is 1. The second-order valence-electron chi connectivity index (χ2n) is 4.48. The summed E-state index contributed by atoms with van der Waals surface area (Å²) in [4.78, 5) is 22.3. The van der Waals surface area contributed by atoms with E-state index < -0.39 is 24.0 Å². The zero-order chi connectivity index (χ0) is 14.9. The maximum absolute atomic E-state index is 10.9. The minimum Gasteiger partial charge on any atom is -0.506 e. The highest BCUT2D eigenvalue weighted by molar-refractivity contribution is 7.99. The Labute approximate surface area is 118 Å². The number of fused-ring (bicyclic) bond motifs is 1. The summed E-state index contributed by atoms with van der Waals surface area (Å²) in [6, 6.07) is 1.32. The lowest BCUT2D eigenvalue weighted by Crippen LogP contribution is -2.34. The number of carbonyl (C=O) groups is 2. The number of thioether (sulfide) groups is 1. The van der Waals surface area contributed by atoms with E-state index in [0.717, 1.165) is 0 Å². The van der Waals surface area contributed by atoms with E-state index in [0.29, 0.717) is 21.9 Å². The topological polar surface area (TPSA) is 133 Å². The molecule has 1 aliphatic heterocycles. The van der Waals surface area contributed by atoms with E-state index in [1.165, 1.54) is 17.8 Å². The molecule has 1 unspecified atom stereocenters. The highest BCUT2D eigenvalue weighted by Gasteiger charge is 2.26. The molecule has 2 atom stereocenters. The van der Waals surface area contributed by atoms with E-state index in [-0.39, 0.29) is 12.2 Å². The second-order valence-corrected chi connectivity index (χ2v) is 5.54. The monoisotopic (exact) mass is 298 g/mol. The molecule has 1 aromatic carbocycles. The smallest absolute Gasteiger partial charge is 0.327 e. The van der Waals surface area contributed by atoms with Gasteiger partial charge in [-0.1, -0.05) is 0 Å². The molecule has 2 rings (SSSR count). The molecule has 20 heavy (non-hydrogen) atoms. The zero-order valence-corrected chi connectivity index (χ0v) is 11.2. The first kappa shape index (κ1) is 14.5. The molecule has 0 saturated carbocycles. The van der Waals surface area contributed by atoms with Crippen LogP contribution in [0.15, 0.2) is 17.0 Å². The molecule has 6 N–H and O–H groups in total. The van der Waals surface area contributed by atoms with Crippen molar-refractivity contribution in [2.75, 3.05) is 11.1 Å². The zero-order valence-electron chi connectivity index (χ0n) is 10.4. The summed E-state index contributed by atoms with van der Waals surface area (Å²) < 4.78 is 0. The number of carboxylic acid groups (broad SMARTS) is 2. The normalized spacial score (nSPS) is 18.8. The van der Waals surface area contributed by atoms with Gasteiger partial charge < -0.3 is 26.4 Å². The number of nitrogens with two attached hydrogens (primary N) is 1. The third kappa shape index (κ3) is 2.97. The molecule has 0 fully saturated rings. The lowest BCUT2D eigenvalue weighted by atomic mass is 10.1. The van der Waals surface area contributed by atoms with Crippen molar-refractivity contribution >= 4 is 29.4 Å². The number of benzene rings is 1. The molecule has 0 spiro atoms. The van der Waals surface area contributed by atoms with Gasteiger partial charge in [-0.15, -0.1) is 11.8 Å². The van der Waals surface area contributed by atoms with Gasteiger partial charge in [0.05, 0.1) is 5.69 Å². The Kier molecular flexibility index (Phi) is 4.05. The molecule has 1 aliphatic rings. The summed E-state index contributed by atoms with van der Waals surface area (Å²) in [5, 5.41) is 30.4. The van der Waals surface area contributed by atoms with Gasteiger partial charge in [0.1, 0.15) is 17.8 Å². The van der Waals surface area contributed by atoms with Crippen molar-refractivity contribution < 1.29 is 24.9 Å². The van der Waals surface area contributed by atoms with Gasteiger partial charge in [-0.25, -0.2) is 4.79 Å². The van der Waals surface area contributed by atoms with Gasteiger partial charge >= 0.3 is 11.9 Å². The fraction of sp³-hybridized carbons (Fsp3) is 0.333. The Bertz CT molecular complexity index is 563. The third-order valence-corrected chi connectivity index (χ3v) is 4.07. The number of carboxylic acids is 2. The van der Waals surface area contributed by atoms with Gasteiger partial charge in [0, 0.05) is 10.6 Å². The van der Waals surface area contributed by atoms with Gasteiger partial charge in [-0.2, -0.15) is 0 Å². The molecule has 8 heteroatoms. The lowest BCUT2D eigenvalue weighted by molar-refractivity contribution is -0.139. The second kappa shape index (κ2) is 5.59. The highest BCUT2D eigenvalue weighted by atomic mass is 32.2. The van der Waals surface area contributed by atoms with Crippen molar-refractivity contribution in [2.45, 2.75) is 23.4 Å². The molecule has 0 aliphatic carbocycles. The van der Waals surface area contributed by atoms with Gasteiger partial charge in [0.25, 0.3) is 0 Å². The van der Waals surface area contributed by atoms with Crippen LogP contribution < -0.4 is 11.1 Å². The number of aliphatic carboxylic acids is 2. The van der Waals surface area contributed by atoms with E-state index in [1.807, 2.05) is 0 Å². The summed E-state index contributed by atoms with van der Waals surface area (Å²) >= 11 is 1.30. The highest BCUT2D eigenvalue weighted by Crippen LogP contribution is 2.40. The van der Waals surface area contributed by atoms with Crippen LogP contribution in [0.1, 0.15) is 5.56 Å². The minimum absolute atomic E-state index is 0.0963. The maximum atomic E-state index is 10.9. The molecule has 0 radical (unpaired) electrons. The van der Waals surface area contributed by atoms with Gasteiger partial charge in [-0.05, 0) is 24.1 Å². The molecule has 0 bridgehead atoms. The number of rotatable bonds is 4. The van der Waals surface area contributed by atoms with Gasteiger partial charge in [0.2, 0.25) is 0 Å². The molecule has 0 saturated heterocycles.